The summed E-state index contributed by atoms with van der Waals surface area (Å²) in [4.78, 5) is 3.99. The molecule has 0 radical (unpaired) electrons. The summed E-state index contributed by atoms with van der Waals surface area (Å²) in [5.74, 6) is 1.36. The molecule has 4 heteroatoms. The highest BCUT2D eigenvalue weighted by Crippen LogP contribution is 2.30. The minimum atomic E-state index is -0.0339. The first kappa shape index (κ1) is 12.9. The number of benzene rings is 1. The molecule has 1 heterocycles. The van der Waals surface area contributed by atoms with Crippen LogP contribution in [0.1, 0.15) is 24.9 Å². The van der Waals surface area contributed by atoms with Crippen molar-refractivity contribution in [3.8, 4) is 11.5 Å². The van der Waals surface area contributed by atoms with Gasteiger partial charge in [-0.25, -0.2) is 0 Å². The molecule has 18 heavy (non-hydrogen) atoms. The normalized spacial score (nSPS) is 12.2. The minimum absolute atomic E-state index is 0.0339. The third-order valence-electron chi connectivity index (χ3n) is 2.67. The fourth-order valence-corrected chi connectivity index (χ4v) is 1.84. The van der Waals surface area contributed by atoms with E-state index in [0.717, 1.165) is 17.7 Å². The number of rotatable bonds is 4. The Balaban J connectivity index is 2.29. The number of nitrogens with zero attached hydrogens (tertiary/aromatic N) is 1. The van der Waals surface area contributed by atoms with Crippen LogP contribution in [0, 0.1) is 0 Å². The molecule has 2 aromatic rings. The SMILES string of the molecule is CC[C@@H](N)c1ccccc1Oc1cncc(Cl)c1. The lowest BCUT2D eigenvalue weighted by Crippen LogP contribution is -2.09. The van der Waals surface area contributed by atoms with E-state index < -0.39 is 0 Å². The maximum Gasteiger partial charge on any atom is 0.147 e. The molecule has 0 aliphatic heterocycles. The largest absolute Gasteiger partial charge is 0.455 e. The second kappa shape index (κ2) is 5.85. The van der Waals surface area contributed by atoms with Crippen molar-refractivity contribution in [1.82, 2.24) is 4.98 Å². The van der Waals surface area contributed by atoms with Gasteiger partial charge in [-0.15, -0.1) is 0 Å². The van der Waals surface area contributed by atoms with E-state index in [1.54, 1.807) is 18.5 Å². The predicted molar refractivity (Wildman–Crippen MR) is 73.0 cm³/mol. The van der Waals surface area contributed by atoms with Crippen molar-refractivity contribution >= 4 is 11.6 Å². The number of pyridine rings is 1. The van der Waals surface area contributed by atoms with Gasteiger partial charge in [-0.1, -0.05) is 36.7 Å². The number of halogens is 1. The third-order valence-corrected chi connectivity index (χ3v) is 2.87. The number of hydrogen-bond donors (Lipinski definition) is 1. The first-order valence-corrected chi connectivity index (χ1v) is 6.21. The van der Waals surface area contributed by atoms with Crippen molar-refractivity contribution < 1.29 is 4.74 Å². The van der Waals surface area contributed by atoms with Crippen molar-refractivity contribution in [2.45, 2.75) is 19.4 Å². The van der Waals surface area contributed by atoms with Gasteiger partial charge in [0, 0.05) is 23.9 Å². The lowest BCUT2D eigenvalue weighted by atomic mass is 10.0. The number of nitrogens with two attached hydrogens (primary N) is 1. The Bertz CT molecular complexity index is 531. The molecule has 1 aromatic heterocycles. The van der Waals surface area contributed by atoms with E-state index in [2.05, 4.69) is 4.98 Å². The Labute approximate surface area is 112 Å². The van der Waals surface area contributed by atoms with E-state index in [0.29, 0.717) is 10.8 Å². The zero-order valence-corrected chi connectivity index (χ0v) is 10.9. The average Bonchev–Trinajstić information content (AvgIpc) is 2.38. The summed E-state index contributed by atoms with van der Waals surface area (Å²) < 4.78 is 5.79. The molecule has 0 amide bonds. The topological polar surface area (TPSA) is 48.1 Å². The van der Waals surface area contributed by atoms with Gasteiger partial charge in [0.1, 0.15) is 11.5 Å². The summed E-state index contributed by atoms with van der Waals surface area (Å²) >= 11 is 5.87. The standard InChI is InChI=1S/C14H15ClN2O/c1-2-13(16)12-5-3-4-6-14(12)18-11-7-10(15)8-17-9-11/h3-9,13H,2,16H2,1H3/t13-/m1/s1. The summed E-state index contributed by atoms with van der Waals surface area (Å²) in [6.07, 6.45) is 4.05. The summed E-state index contributed by atoms with van der Waals surface area (Å²) in [7, 11) is 0. The Morgan fingerprint density at radius 3 is 2.83 bits per heavy atom. The molecule has 0 unspecified atom stereocenters. The Morgan fingerprint density at radius 1 is 1.33 bits per heavy atom. The molecule has 0 aliphatic rings. The average molecular weight is 263 g/mol. The molecule has 0 saturated carbocycles. The van der Waals surface area contributed by atoms with Crippen molar-refractivity contribution in [1.29, 1.82) is 0 Å². The van der Waals surface area contributed by atoms with Crippen LogP contribution in [0.2, 0.25) is 5.02 Å². The van der Waals surface area contributed by atoms with Crippen LogP contribution in [0.15, 0.2) is 42.7 Å². The zero-order valence-electron chi connectivity index (χ0n) is 10.1. The first-order valence-electron chi connectivity index (χ1n) is 5.83. The van der Waals surface area contributed by atoms with Gasteiger partial charge in [0.05, 0.1) is 11.2 Å². The number of hydrogen-bond acceptors (Lipinski definition) is 3. The van der Waals surface area contributed by atoms with Gasteiger partial charge in [-0.3, -0.25) is 4.98 Å². The molecule has 0 bridgehead atoms. The number of ether oxygens (including phenoxy) is 1. The van der Waals surface area contributed by atoms with Crippen molar-refractivity contribution in [2.24, 2.45) is 5.73 Å². The van der Waals surface area contributed by atoms with Gasteiger partial charge in [0.25, 0.3) is 0 Å². The second-order valence-electron chi connectivity index (χ2n) is 3.99. The molecule has 1 aromatic carbocycles. The Hall–Kier alpha value is -1.58. The quantitative estimate of drug-likeness (QED) is 0.908. The van der Waals surface area contributed by atoms with E-state index in [1.807, 2.05) is 31.2 Å². The van der Waals surface area contributed by atoms with E-state index >= 15 is 0 Å². The fourth-order valence-electron chi connectivity index (χ4n) is 1.67. The summed E-state index contributed by atoms with van der Waals surface area (Å²) in [6, 6.07) is 9.43. The van der Waals surface area contributed by atoms with Gasteiger partial charge >= 0.3 is 0 Å². The highest BCUT2D eigenvalue weighted by atomic mass is 35.5. The molecular formula is C14H15ClN2O. The first-order chi connectivity index (χ1) is 8.70. The van der Waals surface area contributed by atoms with Gasteiger partial charge < -0.3 is 10.5 Å². The summed E-state index contributed by atoms with van der Waals surface area (Å²) in [5.41, 5.74) is 7.04. The molecule has 2 rings (SSSR count). The van der Waals surface area contributed by atoms with E-state index in [4.69, 9.17) is 22.1 Å². The molecule has 0 saturated heterocycles. The van der Waals surface area contributed by atoms with Crippen LogP contribution >= 0.6 is 11.6 Å². The summed E-state index contributed by atoms with van der Waals surface area (Å²) in [6.45, 7) is 2.04. The van der Waals surface area contributed by atoms with Crippen molar-refractivity contribution in [3.05, 3.63) is 53.3 Å². The highest BCUT2D eigenvalue weighted by molar-refractivity contribution is 6.30. The third kappa shape index (κ3) is 3.00. The lowest BCUT2D eigenvalue weighted by molar-refractivity contribution is 0.466. The van der Waals surface area contributed by atoms with Gasteiger partial charge in [0.2, 0.25) is 0 Å². The Kier molecular flexibility index (Phi) is 4.18. The molecule has 94 valence electrons. The molecular weight excluding hydrogens is 248 g/mol. The van der Waals surface area contributed by atoms with Crippen LogP contribution in [0.3, 0.4) is 0 Å². The molecule has 1 atom stereocenters. The maximum atomic E-state index is 6.06. The minimum Gasteiger partial charge on any atom is -0.455 e. The molecule has 3 nitrogen and oxygen atoms in total. The lowest BCUT2D eigenvalue weighted by Gasteiger charge is -2.15. The van der Waals surface area contributed by atoms with E-state index in [9.17, 15) is 0 Å². The Morgan fingerprint density at radius 2 is 2.11 bits per heavy atom. The molecule has 0 fully saturated rings. The zero-order chi connectivity index (χ0) is 13.0. The van der Waals surface area contributed by atoms with Gasteiger partial charge in [-0.2, -0.15) is 0 Å². The highest BCUT2D eigenvalue weighted by Gasteiger charge is 2.10. The fraction of sp³-hybridized carbons (Fsp3) is 0.214. The number of aromatic nitrogens is 1. The second-order valence-corrected chi connectivity index (χ2v) is 4.43. The maximum absolute atomic E-state index is 6.06. The van der Waals surface area contributed by atoms with Crippen LogP contribution in [0.5, 0.6) is 11.5 Å². The van der Waals surface area contributed by atoms with Crippen molar-refractivity contribution in [2.75, 3.05) is 0 Å². The smallest absolute Gasteiger partial charge is 0.147 e. The molecule has 2 N–H and O–H groups in total. The predicted octanol–water partition coefficient (Wildman–Crippen LogP) is 3.94. The van der Waals surface area contributed by atoms with Crippen LogP contribution in [-0.4, -0.2) is 4.98 Å². The van der Waals surface area contributed by atoms with Crippen molar-refractivity contribution in [3.63, 3.8) is 0 Å². The molecule has 0 spiro atoms. The van der Waals surface area contributed by atoms with Crippen LogP contribution < -0.4 is 10.5 Å². The summed E-state index contributed by atoms with van der Waals surface area (Å²) in [5, 5.41) is 0.546. The van der Waals surface area contributed by atoms with Gasteiger partial charge in [-0.05, 0) is 12.5 Å². The molecule has 0 aliphatic carbocycles. The number of para-hydroxylation sites is 1. The monoisotopic (exact) mass is 262 g/mol. The van der Waals surface area contributed by atoms with Crippen LogP contribution in [0.4, 0.5) is 0 Å². The van der Waals surface area contributed by atoms with E-state index in [-0.39, 0.29) is 6.04 Å². The van der Waals surface area contributed by atoms with E-state index in [1.165, 1.54) is 0 Å². The van der Waals surface area contributed by atoms with Crippen LogP contribution in [-0.2, 0) is 0 Å². The van der Waals surface area contributed by atoms with Crippen LogP contribution in [0.25, 0.3) is 0 Å². The van der Waals surface area contributed by atoms with Gasteiger partial charge in [0.15, 0.2) is 0 Å².